The Hall–Kier alpha value is -0.570. The Morgan fingerprint density at radius 2 is 2.21 bits per heavy atom. The molecule has 0 amide bonds. The smallest absolute Gasteiger partial charge is 0.310 e. The summed E-state index contributed by atoms with van der Waals surface area (Å²) < 4.78 is 4.76. The van der Waals surface area contributed by atoms with Crippen LogP contribution in [-0.2, 0) is 9.53 Å². The summed E-state index contributed by atoms with van der Waals surface area (Å²) in [6.07, 6.45) is 5.16. The first-order chi connectivity index (χ1) is 6.79. The highest BCUT2D eigenvalue weighted by atomic mass is 16.5. The van der Waals surface area contributed by atoms with Crippen LogP contribution < -0.4 is 0 Å². The predicted molar refractivity (Wildman–Crippen MR) is 53.9 cm³/mol. The van der Waals surface area contributed by atoms with Crippen molar-refractivity contribution in [3.8, 4) is 0 Å². The number of hydrogen-bond acceptors (Lipinski definition) is 3. The molecule has 2 fully saturated rings. The molecule has 14 heavy (non-hydrogen) atoms. The zero-order valence-electron chi connectivity index (χ0n) is 8.87. The molecular formula is C11H19NO2. The molecule has 1 saturated heterocycles. The largest absolute Gasteiger partial charge is 0.469 e. The lowest BCUT2D eigenvalue weighted by molar-refractivity contribution is -0.144. The molecule has 0 radical (unpaired) electrons. The minimum atomic E-state index is -0.0268. The number of nitrogens with zero attached hydrogens (tertiary/aromatic N) is 1. The topological polar surface area (TPSA) is 29.5 Å². The average Bonchev–Trinajstić information content (AvgIpc) is 2.58. The molecule has 1 atom stereocenters. The summed E-state index contributed by atoms with van der Waals surface area (Å²) in [6, 6.07) is 0. The quantitative estimate of drug-likeness (QED) is 0.638. The van der Waals surface area contributed by atoms with Gasteiger partial charge in [0.2, 0.25) is 0 Å². The summed E-state index contributed by atoms with van der Waals surface area (Å²) in [6.45, 7) is 3.20. The van der Waals surface area contributed by atoms with Gasteiger partial charge in [-0.15, -0.1) is 0 Å². The number of carbonyl (C=O) groups excluding carboxylic acids is 1. The van der Waals surface area contributed by atoms with E-state index in [1.165, 1.54) is 32.9 Å². The van der Waals surface area contributed by atoms with Crippen molar-refractivity contribution in [3.63, 3.8) is 0 Å². The van der Waals surface area contributed by atoms with Crippen LogP contribution in [0.3, 0.4) is 0 Å². The first kappa shape index (κ1) is 9.97. The highest BCUT2D eigenvalue weighted by Crippen LogP contribution is 2.29. The predicted octanol–water partition coefficient (Wildman–Crippen LogP) is 1.28. The van der Waals surface area contributed by atoms with Crippen LogP contribution in [0.4, 0.5) is 0 Å². The van der Waals surface area contributed by atoms with Gasteiger partial charge in [0.05, 0.1) is 13.0 Å². The van der Waals surface area contributed by atoms with Crippen molar-refractivity contribution in [1.82, 2.24) is 4.90 Å². The van der Waals surface area contributed by atoms with Gasteiger partial charge < -0.3 is 9.64 Å². The van der Waals surface area contributed by atoms with E-state index < -0.39 is 0 Å². The minimum Gasteiger partial charge on any atom is -0.469 e. The van der Waals surface area contributed by atoms with E-state index in [0.717, 1.165) is 25.4 Å². The standard InChI is InChI=1S/C11H19NO2/c1-14-11(13)10-5-6-12(8-10)7-9-3-2-4-9/h9-10H,2-8H2,1H3. The number of methoxy groups -OCH3 is 1. The summed E-state index contributed by atoms with van der Waals surface area (Å²) in [4.78, 5) is 13.7. The van der Waals surface area contributed by atoms with Crippen molar-refractivity contribution in [1.29, 1.82) is 0 Å². The van der Waals surface area contributed by atoms with E-state index in [4.69, 9.17) is 4.74 Å². The molecule has 1 unspecified atom stereocenters. The molecule has 0 aromatic rings. The molecule has 3 heteroatoms. The Bertz CT molecular complexity index is 213. The van der Waals surface area contributed by atoms with Crippen LogP contribution in [0.15, 0.2) is 0 Å². The van der Waals surface area contributed by atoms with E-state index in [2.05, 4.69) is 4.90 Å². The number of rotatable bonds is 3. The summed E-state index contributed by atoms with van der Waals surface area (Å²) in [7, 11) is 1.48. The molecule has 1 aliphatic carbocycles. The van der Waals surface area contributed by atoms with E-state index >= 15 is 0 Å². The second kappa shape index (κ2) is 4.30. The summed E-state index contributed by atoms with van der Waals surface area (Å²) in [5.41, 5.74) is 0. The summed E-state index contributed by atoms with van der Waals surface area (Å²) >= 11 is 0. The maximum Gasteiger partial charge on any atom is 0.310 e. The van der Waals surface area contributed by atoms with E-state index in [9.17, 15) is 4.79 Å². The van der Waals surface area contributed by atoms with Crippen LogP contribution >= 0.6 is 0 Å². The lowest BCUT2D eigenvalue weighted by Crippen LogP contribution is -2.31. The first-order valence-electron chi connectivity index (χ1n) is 5.60. The minimum absolute atomic E-state index is 0.0268. The van der Waals surface area contributed by atoms with Gasteiger partial charge in [-0.3, -0.25) is 4.79 Å². The molecule has 1 saturated carbocycles. The normalized spacial score (nSPS) is 28.8. The number of carbonyl (C=O) groups is 1. The number of esters is 1. The van der Waals surface area contributed by atoms with Gasteiger partial charge in [-0.05, 0) is 31.7 Å². The average molecular weight is 197 g/mol. The van der Waals surface area contributed by atoms with Crippen LogP contribution in [0.2, 0.25) is 0 Å². The van der Waals surface area contributed by atoms with Gasteiger partial charge >= 0.3 is 5.97 Å². The Morgan fingerprint density at radius 3 is 2.79 bits per heavy atom. The fourth-order valence-electron chi connectivity index (χ4n) is 2.40. The van der Waals surface area contributed by atoms with Crippen molar-refractivity contribution < 1.29 is 9.53 Å². The van der Waals surface area contributed by atoms with E-state index in [1.54, 1.807) is 0 Å². The molecule has 1 aliphatic heterocycles. The molecule has 3 nitrogen and oxygen atoms in total. The van der Waals surface area contributed by atoms with E-state index in [-0.39, 0.29) is 11.9 Å². The molecule has 0 bridgehead atoms. The SMILES string of the molecule is COC(=O)C1CCN(CC2CCC2)C1. The van der Waals surface area contributed by atoms with Crippen LogP contribution in [0.1, 0.15) is 25.7 Å². The third-order valence-corrected chi connectivity index (χ3v) is 3.55. The molecule has 2 rings (SSSR count). The van der Waals surface area contributed by atoms with Gasteiger partial charge in [0.1, 0.15) is 0 Å². The third-order valence-electron chi connectivity index (χ3n) is 3.55. The van der Waals surface area contributed by atoms with E-state index in [1.807, 2.05) is 0 Å². The van der Waals surface area contributed by atoms with Crippen molar-refractivity contribution in [2.24, 2.45) is 11.8 Å². The lowest BCUT2D eigenvalue weighted by atomic mass is 9.85. The molecular weight excluding hydrogens is 178 g/mol. The number of ether oxygens (including phenoxy) is 1. The molecule has 1 heterocycles. The monoisotopic (exact) mass is 197 g/mol. The maximum atomic E-state index is 11.3. The Balaban J connectivity index is 1.73. The molecule has 0 aromatic carbocycles. The summed E-state index contributed by atoms with van der Waals surface area (Å²) in [5, 5.41) is 0. The molecule has 0 aromatic heterocycles. The Kier molecular flexibility index (Phi) is 3.06. The van der Waals surface area contributed by atoms with Gasteiger partial charge in [0.25, 0.3) is 0 Å². The number of hydrogen-bond donors (Lipinski definition) is 0. The fourth-order valence-corrected chi connectivity index (χ4v) is 2.40. The van der Waals surface area contributed by atoms with Crippen molar-refractivity contribution >= 4 is 5.97 Å². The van der Waals surface area contributed by atoms with Crippen LogP contribution in [0, 0.1) is 11.8 Å². The van der Waals surface area contributed by atoms with Gasteiger partial charge in [0, 0.05) is 13.1 Å². The van der Waals surface area contributed by atoms with Gasteiger partial charge in [-0.25, -0.2) is 0 Å². The van der Waals surface area contributed by atoms with Gasteiger partial charge in [-0.1, -0.05) is 6.42 Å². The molecule has 0 spiro atoms. The summed E-state index contributed by atoms with van der Waals surface area (Å²) in [5.74, 6) is 1.02. The fraction of sp³-hybridized carbons (Fsp3) is 0.909. The first-order valence-corrected chi connectivity index (χ1v) is 5.60. The Morgan fingerprint density at radius 1 is 1.43 bits per heavy atom. The zero-order valence-corrected chi connectivity index (χ0v) is 8.87. The second-order valence-corrected chi connectivity index (χ2v) is 4.57. The van der Waals surface area contributed by atoms with Gasteiger partial charge in [0.15, 0.2) is 0 Å². The maximum absolute atomic E-state index is 11.3. The van der Waals surface area contributed by atoms with Crippen LogP contribution in [-0.4, -0.2) is 37.6 Å². The highest BCUT2D eigenvalue weighted by Gasteiger charge is 2.31. The lowest BCUT2D eigenvalue weighted by Gasteiger charge is -2.29. The van der Waals surface area contributed by atoms with E-state index in [0.29, 0.717) is 0 Å². The van der Waals surface area contributed by atoms with Gasteiger partial charge in [-0.2, -0.15) is 0 Å². The van der Waals surface area contributed by atoms with Crippen molar-refractivity contribution in [2.75, 3.05) is 26.7 Å². The third kappa shape index (κ3) is 2.08. The molecule has 0 N–H and O–H groups in total. The second-order valence-electron chi connectivity index (χ2n) is 4.57. The Labute approximate surface area is 85.4 Å². The number of likely N-dealkylation sites (tertiary alicyclic amines) is 1. The van der Waals surface area contributed by atoms with Crippen LogP contribution in [0.25, 0.3) is 0 Å². The van der Waals surface area contributed by atoms with Crippen molar-refractivity contribution in [2.45, 2.75) is 25.7 Å². The zero-order chi connectivity index (χ0) is 9.97. The van der Waals surface area contributed by atoms with Crippen LogP contribution in [0.5, 0.6) is 0 Å². The van der Waals surface area contributed by atoms with Crippen molar-refractivity contribution in [3.05, 3.63) is 0 Å². The highest BCUT2D eigenvalue weighted by molar-refractivity contribution is 5.72. The molecule has 2 aliphatic rings. The molecule has 80 valence electrons.